The van der Waals surface area contributed by atoms with Crippen LogP contribution in [0.25, 0.3) is 0 Å². The van der Waals surface area contributed by atoms with E-state index in [4.69, 9.17) is 9.84 Å². The number of aliphatic hydroxyl groups excluding tert-OH is 1. The molecule has 0 saturated carbocycles. The molecule has 1 saturated heterocycles. The Morgan fingerprint density at radius 2 is 2.50 bits per heavy atom. The zero-order valence-corrected chi connectivity index (χ0v) is 5.86. The molecule has 1 rings (SSSR count). The van der Waals surface area contributed by atoms with Gasteiger partial charge in [0.2, 0.25) is 0 Å². The number of hydrogen-bond acceptors (Lipinski definition) is 4. The van der Waals surface area contributed by atoms with Gasteiger partial charge in [-0.05, 0) is 6.92 Å². The number of rotatable bonds is 2. The van der Waals surface area contributed by atoms with Gasteiger partial charge in [0, 0.05) is 6.42 Å². The summed E-state index contributed by atoms with van der Waals surface area (Å²) in [4.78, 5) is 10.1. The van der Waals surface area contributed by atoms with Gasteiger partial charge < -0.3 is 9.84 Å². The van der Waals surface area contributed by atoms with E-state index in [2.05, 4.69) is 5.18 Å². The Morgan fingerprint density at radius 1 is 1.80 bits per heavy atom. The van der Waals surface area contributed by atoms with Crippen LogP contribution < -0.4 is 0 Å². The summed E-state index contributed by atoms with van der Waals surface area (Å²) in [6.45, 7) is 1.76. The van der Waals surface area contributed by atoms with Gasteiger partial charge in [0.15, 0.2) is 0 Å². The van der Waals surface area contributed by atoms with Crippen molar-refractivity contribution in [3.63, 3.8) is 0 Å². The zero-order chi connectivity index (χ0) is 7.56. The van der Waals surface area contributed by atoms with E-state index < -0.39 is 0 Å². The standard InChI is InChI=1S/C6H11NO3/c1-4-2-5(7-9)6(3-8)10-4/h4-6,8H,2-3H2,1H3. The first kappa shape index (κ1) is 7.63. The van der Waals surface area contributed by atoms with Gasteiger partial charge in [-0.25, -0.2) is 0 Å². The second-order valence-electron chi connectivity index (χ2n) is 2.58. The Morgan fingerprint density at radius 3 is 2.90 bits per heavy atom. The van der Waals surface area contributed by atoms with Gasteiger partial charge >= 0.3 is 0 Å². The molecule has 1 heterocycles. The van der Waals surface area contributed by atoms with E-state index in [0.717, 1.165) is 0 Å². The molecule has 0 radical (unpaired) electrons. The normalized spacial score (nSPS) is 40.0. The first-order valence-corrected chi connectivity index (χ1v) is 3.36. The Labute approximate surface area is 59.2 Å². The molecule has 1 aliphatic rings. The summed E-state index contributed by atoms with van der Waals surface area (Å²) in [5.41, 5.74) is 0. The summed E-state index contributed by atoms with van der Waals surface area (Å²) in [5, 5.41) is 11.5. The molecule has 0 amide bonds. The fourth-order valence-electron chi connectivity index (χ4n) is 1.21. The highest BCUT2D eigenvalue weighted by Crippen LogP contribution is 2.21. The molecule has 4 heteroatoms. The monoisotopic (exact) mass is 145 g/mol. The molecule has 10 heavy (non-hydrogen) atoms. The summed E-state index contributed by atoms with van der Waals surface area (Å²) in [7, 11) is 0. The Balaban J connectivity index is 2.48. The topological polar surface area (TPSA) is 58.9 Å². The van der Waals surface area contributed by atoms with Gasteiger partial charge in [-0.15, -0.1) is 0 Å². The molecule has 0 aromatic carbocycles. The quantitative estimate of drug-likeness (QED) is 0.568. The molecule has 58 valence electrons. The maximum Gasteiger partial charge on any atom is 0.123 e. The number of ether oxygens (including phenoxy) is 1. The van der Waals surface area contributed by atoms with Crippen LogP contribution in [0.1, 0.15) is 13.3 Å². The summed E-state index contributed by atoms with van der Waals surface area (Å²) >= 11 is 0. The maximum absolute atomic E-state index is 10.1. The van der Waals surface area contributed by atoms with E-state index >= 15 is 0 Å². The average Bonchev–Trinajstić information content (AvgIpc) is 2.30. The van der Waals surface area contributed by atoms with E-state index in [1.54, 1.807) is 0 Å². The van der Waals surface area contributed by atoms with Crippen molar-refractivity contribution in [2.24, 2.45) is 5.18 Å². The third-order valence-electron chi connectivity index (χ3n) is 1.73. The second kappa shape index (κ2) is 3.07. The molecule has 1 aliphatic heterocycles. The molecule has 0 aliphatic carbocycles. The predicted molar refractivity (Wildman–Crippen MR) is 35.6 cm³/mol. The molecule has 0 aromatic heterocycles. The lowest BCUT2D eigenvalue weighted by atomic mass is 10.1. The zero-order valence-electron chi connectivity index (χ0n) is 5.86. The lowest BCUT2D eigenvalue weighted by molar-refractivity contribution is 0.0157. The number of aliphatic hydroxyl groups is 1. The Hall–Kier alpha value is -0.480. The van der Waals surface area contributed by atoms with Crippen LogP contribution in [0.4, 0.5) is 0 Å². The van der Waals surface area contributed by atoms with Crippen molar-refractivity contribution in [1.29, 1.82) is 0 Å². The van der Waals surface area contributed by atoms with Crippen molar-refractivity contribution < 1.29 is 9.84 Å². The van der Waals surface area contributed by atoms with Gasteiger partial charge in [-0.2, -0.15) is 4.91 Å². The van der Waals surface area contributed by atoms with Crippen LogP contribution >= 0.6 is 0 Å². The van der Waals surface area contributed by atoms with Crippen LogP contribution in [0.15, 0.2) is 5.18 Å². The summed E-state index contributed by atoms with van der Waals surface area (Å²) in [6, 6.07) is -0.347. The van der Waals surface area contributed by atoms with Gasteiger partial charge in [0.1, 0.15) is 12.1 Å². The maximum atomic E-state index is 10.1. The highest BCUT2D eigenvalue weighted by atomic mass is 16.5. The second-order valence-corrected chi connectivity index (χ2v) is 2.58. The van der Waals surface area contributed by atoms with Gasteiger partial charge in [0.05, 0.1) is 12.7 Å². The Kier molecular flexibility index (Phi) is 2.34. The first-order valence-electron chi connectivity index (χ1n) is 3.36. The van der Waals surface area contributed by atoms with Crippen LogP contribution in [-0.4, -0.2) is 30.0 Å². The van der Waals surface area contributed by atoms with Crippen molar-refractivity contribution in [3.05, 3.63) is 4.91 Å². The summed E-state index contributed by atoms with van der Waals surface area (Å²) in [6.07, 6.45) is 0.321. The van der Waals surface area contributed by atoms with Crippen molar-refractivity contribution in [2.75, 3.05) is 6.61 Å². The minimum absolute atomic E-state index is 0.0554. The molecule has 0 aromatic rings. The lowest BCUT2D eigenvalue weighted by Gasteiger charge is -2.07. The molecule has 3 atom stereocenters. The Bertz CT molecular complexity index is 128. The van der Waals surface area contributed by atoms with Crippen LogP contribution in [0.2, 0.25) is 0 Å². The highest BCUT2D eigenvalue weighted by Gasteiger charge is 2.33. The fraction of sp³-hybridized carbons (Fsp3) is 1.00. The fourth-order valence-corrected chi connectivity index (χ4v) is 1.21. The molecular formula is C6H11NO3. The van der Waals surface area contributed by atoms with Crippen LogP contribution in [0, 0.1) is 4.91 Å². The van der Waals surface area contributed by atoms with Crippen molar-refractivity contribution >= 4 is 0 Å². The largest absolute Gasteiger partial charge is 0.394 e. The summed E-state index contributed by atoms with van der Waals surface area (Å²) in [5.74, 6) is 0. The molecule has 4 nitrogen and oxygen atoms in total. The van der Waals surface area contributed by atoms with E-state index in [0.29, 0.717) is 6.42 Å². The molecule has 1 fully saturated rings. The third kappa shape index (κ3) is 1.33. The molecule has 0 spiro atoms. The summed E-state index contributed by atoms with van der Waals surface area (Å²) < 4.78 is 5.17. The molecule has 1 N–H and O–H groups in total. The SMILES string of the molecule is CC1CC(N=O)C(CO)O1. The predicted octanol–water partition coefficient (Wildman–Crippen LogP) is 0.291. The van der Waals surface area contributed by atoms with Gasteiger partial charge in [-0.3, -0.25) is 0 Å². The first-order chi connectivity index (χ1) is 4.77. The minimum atomic E-state index is -0.368. The molecular weight excluding hydrogens is 134 g/mol. The van der Waals surface area contributed by atoms with Gasteiger partial charge in [0.25, 0.3) is 0 Å². The van der Waals surface area contributed by atoms with E-state index in [1.165, 1.54) is 0 Å². The smallest absolute Gasteiger partial charge is 0.123 e. The third-order valence-corrected chi connectivity index (χ3v) is 1.73. The van der Waals surface area contributed by atoms with Gasteiger partial charge in [-0.1, -0.05) is 5.18 Å². The molecule has 3 unspecified atom stereocenters. The lowest BCUT2D eigenvalue weighted by Crippen LogP contribution is -2.22. The number of nitroso groups, excluding NO2 is 1. The van der Waals surface area contributed by atoms with E-state index in [-0.39, 0.29) is 24.9 Å². The van der Waals surface area contributed by atoms with Crippen molar-refractivity contribution in [1.82, 2.24) is 0 Å². The highest BCUT2D eigenvalue weighted by molar-refractivity contribution is 4.85. The molecule has 0 bridgehead atoms. The van der Waals surface area contributed by atoms with Crippen molar-refractivity contribution in [2.45, 2.75) is 31.6 Å². The number of hydrogen-bond donors (Lipinski definition) is 1. The minimum Gasteiger partial charge on any atom is -0.394 e. The van der Waals surface area contributed by atoms with Crippen LogP contribution in [0.5, 0.6) is 0 Å². The number of nitrogens with zero attached hydrogens (tertiary/aromatic N) is 1. The van der Waals surface area contributed by atoms with E-state index in [9.17, 15) is 4.91 Å². The average molecular weight is 145 g/mol. The van der Waals surface area contributed by atoms with Crippen LogP contribution in [-0.2, 0) is 4.74 Å². The van der Waals surface area contributed by atoms with E-state index in [1.807, 2.05) is 6.92 Å². The van der Waals surface area contributed by atoms with Crippen molar-refractivity contribution in [3.8, 4) is 0 Å². The van der Waals surface area contributed by atoms with Crippen LogP contribution in [0.3, 0.4) is 0 Å².